The molecule has 7 rings (SSSR count). The van der Waals surface area contributed by atoms with Gasteiger partial charge in [0.25, 0.3) is 0 Å². The lowest BCUT2D eigenvalue weighted by Crippen LogP contribution is -2.63. The first kappa shape index (κ1) is 40.8. The third-order valence-electron chi connectivity index (χ3n) is 14.1. The van der Waals surface area contributed by atoms with Crippen molar-refractivity contribution in [1.29, 1.82) is 0 Å². The van der Waals surface area contributed by atoms with E-state index in [9.17, 15) is 24.0 Å². The van der Waals surface area contributed by atoms with Crippen LogP contribution in [-0.4, -0.2) is 110 Å². The largest absolute Gasteiger partial charge is 0.376 e. The van der Waals surface area contributed by atoms with E-state index in [4.69, 9.17) is 20.9 Å². The lowest BCUT2D eigenvalue weighted by atomic mass is 9.44. The van der Waals surface area contributed by atoms with Gasteiger partial charge in [0.15, 0.2) is 0 Å². The van der Waals surface area contributed by atoms with Crippen molar-refractivity contribution < 1.29 is 33.4 Å². The van der Waals surface area contributed by atoms with E-state index in [0.717, 1.165) is 83.5 Å². The molecule has 3 saturated heterocycles. The smallest absolute Gasteiger partial charge is 0.245 e. The third kappa shape index (κ3) is 8.92. The molecular formula is C40H67N7O7. The Balaban J connectivity index is 1.31. The maximum atomic E-state index is 14.3. The molecular weight excluding hydrogens is 690 g/mol. The van der Waals surface area contributed by atoms with Crippen molar-refractivity contribution in [3.8, 4) is 0 Å². The zero-order valence-electron chi connectivity index (χ0n) is 32.8. The van der Waals surface area contributed by atoms with Crippen LogP contribution in [-0.2, 0) is 33.4 Å². The summed E-state index contributed by atoms with van der Waals surface area (Å²) in [6.45, 7) is 4.41. The molecule has 4 bridgehead atoms. The fourth-order valence-electron chi connectivity index (χ4n) is 10.5. The number of carbonyl (C=O) groups excluding carboxylic acids is 5. The SMILES string of the molecule is CCC[C@H]1C(=O)N[C@@H](C2CCCCCC2)C(=O)N[C@@H](CN)C(=O)N[C@@H](COC2CC(CN)C2)C(=O)N[C@H]2CO[C@H](CC3CC4(CCC24)C3)[C@@H](C)C(=O)N1C. The van der Waals surface area contributed by atoms with Crippen molar-refractivity contribution in [2.75, 3.05) is 33.4 Å². The standard InChI is InChI=1S/C40H67N7O7/c1-4-9-32-37(50)46-34(26-10-7-5-6-8-11-26)38(51)43-29(20-42)35(48)45-31(22-53-27-14-24(15-27)19-41)36(49)44-30-21-54-33(23(2)39(52)47(32)3)16-25-17-40(18-25)13-12-28(30)40/h23-34H,4-22,41-42H2,1-3H3,(H,43,51)(H,44,49)(H,45,48)(H,46,50)/t23-,24?,25?,27?,28?,29+,30+,31+,32+,33-,34+,40?/m1/s1. The minimum atomic E-state index is -1.15. The van der Waals surface area contributed by atoms with Crippen LogP contribution in [0.3, 0.4) is 0 Å². The van der Waals surface area contributed by atoms with Gasteiger partial charge < -0.3 is 47.1 Å². The van der Waals surface area contributed by atoms with E-state index in [-0.39, 0.29) is 66.9 Å². The summed E-state index contributed by atoms with van der Waals surface area (Å²) in [6.07, 6.45) is 12.5. The minimum absolute atomic E-state index is 0.0453. The van der Waals surface area contributed by atoms with Gasteiger partial charge in [-0.2, -0.15) is 0 Å². The van der Waals surface area contributed by atoms with Crippen LogP contribution in [0.2, 0.25) is 0 Å². The van der Waals surface area contributed by atoms with Crippen LogP contribution < -0.4 is 32.7 Å². The van der Waals surface area contributed by atoms with Gasteiger partial charge in [-0.3, -0.25) is 24.0 Å². The van der Waals surface area contributed by atoms with Crippen molar-refractivity contribution in [2.45, 2.75) is 153 Å². The minimum Gasteiger partial charge on any atom is -0.376 e. The molecule has 54 heavy (non-hydrogen) atoms. The predicted molar refractivity (Wildman–Crippen MR) is 202 cm³/mol. The highest BCUT2D eigenvalue weighted by Crippen LogP contribution is 2.64. The van der Waals surface area contributed by atoms with E-state index in [1.165, 1.54) is 0 Å². The van der Waals surface area contributed by atoms with E-state index in [1.807, 2.05) is 13.8 Å². The molecule has 8 N–H and O–H groups in total. The second-order valence-corrected chi connectivity index (χ2v) is 17.7. The highest BCUT2D eigenvalue weighted by Gasteiger charge is 2.59. The molecule has 14 nitrogen and oxygen atoms in total. The van der Waals surface area contributed by atoms with Crippen molar-refractivity contribution in [1.82, 2.24) is 26.2 Å². The molecule has 0 radical (unpaired) electrons. The molecule has 0 aromatic heterocycles. The average molecular weight is 758 g/mol. The summed E-state index contributed by atoms with van der Waals surface area (Å²) in [4.78, 5) is 72.4. The zero-order chi connectivity index (χ0) is 38.6. The number of ether oxygens (including phenoxy) is 2. The molecule has 3 aliphatic heterocycles. The van der Waals surface area contributed by atoms with Crippen molar-refractivity contribution >= 4 is 29.5 Å². The van der Waals surface area contributed by atoms with E-state index >= 15 is 0 Å². The van der Waals surface area contributed by atoms with Crippen molar-refractivity contribution in [3.05, 3.63) is 0 Å². The summed E-state index contributed by atoms with van der Waals surface area (Å²) in [5.74, 6) is -1.69. The van der Waals surface area contributed by atoms with Gasteiger partial charge in [-0.25, -0.2) is 0 Å². The monoisotopic (exact) mass is 758 g/mol. The van der Waals surface area contributed by atoms with Crippen molar-refractivity contribution in [3.63, 3.8) is 0 Å². The number of nitrogens with zero attached hydrogens (tertiary/aromatic N) is 1. The quantitative estimate of drug-likeness (QED) is 0.198. The van der Waals surface area contributed by atoms with Crippen LogP contribution in [0.4, 0.5) is 0 Å². The topological polar surface area (TPSA) is 207 Å². The van der Waals surface area contributed by atoms with E-state index in [1.54, 1.807) is 11.9 Å². The fourth-order valence-corrected chi connectivity index (χ4v) is 10.5. The number of nitrogens with one attached hydrogen (secondary N) is 4. The number of hydrogen-bond acceptors (Lipinski definition) is 9. The van der Waals surface area contributed by atoms with Crippen LogP contribution in [0.25, 0.3) is 0 Å². The fraction of sp³-hybridized carbons (Fsp3) is 0.875. The van der Waals surface area contributed by atoms with E-state index in [0.29, 0.717) is 31.2 Å². The Morgan fingerprint density at radius 3 is 2.15 bits per heavy atom. The molecule has 1 spiro atoms. The Kier molecular flexibility index (Phi) is 13.6. The van der Waals surface area contributed by atoms with Crippen molar-refractivity contribution in [2.24, 2.45) is 46.5 Å². The molecule has 8 atom stereocenters. The molecule has 4 aliphatic carbocycles. The van der Waals surface area contributed by atoms with Crippen LogP contribution >= 0.6 is 0 Å². The third-order valence-corrected chi connectivity index (χ3v) is 14.1. The number of nitrogens with two attached hydrogens (primary N) is 2. The van der Waals surface area contributed by atoms with E-state index in [2.05, 4.69) is 21.3 Å². The Hall–Kier alpha value is -2.81. The van der Waals surface area contributed by atoms with Crippen LogP contribution in [0, 0.1) is 35.0 Å². The lowest BCUT2D eigenvalue weighted by Gasteiger charge is -2.61. The van der Waals surface area contributed by atoms with Gasteiger partial charge in [-0.05, 0) is 99.8 Å². The predicted octanol–water partition coefficient (Wildman–Crippen LogP) is 1.48. The van der Waals surface area contributed by atoms with Gasteiger partial charge in [0.05, 0.1) is 37.4 Å². The molecule has 0 aromatic rings. The number of carbonyl (C=O) groups is 5. The van der Waals surface area contributed by atoms with E-state index < -0.39 is 48.0 Å². The zero-order valence-corrected chi connectivity index (χ0v) is 32.8. The molecule has 3 heterocycles. The molecule has 0 aromatic carbocycles. The first-order valence-electron chi connectivity index (χ1n) is 21.1. The molecule has 304 valence electrons. The first-order chi connectivity index (χ1) is 26.0. The molecule has 14 heteroatoms. The number of rotatable bonds is 8. The highest BCUT2D eigenvalue weighted by atomic mass is 16.5. The Morgan fingerprint density at radius 1 is 0.833 bits per heavy atom. The summed E-state index contributed by atoms with van der Waals surface area (Å²) in [6, 6.07) is -4.23. The van der Waals surface area contributed by atoms with Crippen LogP contribution in [0.5, 0.6) is 0 Å². The van der Waals surface area contributed by atoms with Gasteiger partial charge >= 0.3 is 0 Å². The van der Waals surface area contributed by atoms with Gasteiger partial charge in [0.2, 0.25) is 29.5 Å². The number of amides is 5. The van der Waals surface area contributed by atoms with Gasteiger partial charge in [-0.15, -0.1) is 0 Å². The Morgan fingerprint density at radius 2 is 1.52 bits per heavy atom. The van der Waals surface area contributed by atoms with Gasteiger partial charge in [-0.1, -0.05) is 46.0 Å². The van der Waals surface area contributed by atoms with Crippen LogP contribution in [0.1, 0.15) is 110 Å². The van der Waals surface area contributed by atoms with Gasteiger partial charge in [0, 0.05) is 13.6 Å². The Bertz CT molecular complexity index is 1350. The second kappa shape index (κ2) is 18.0. The molecule has 7 fully saturated rings. The van der Waals surface area contributed by atoms with Gasteiger partial charge in [0.1, 0.15) is 24.2 Å². The normalized spacial score (nSPS) is 40.2. The first-order valence-corrected chi connectivity index (χ1v) is 21.1. The summed E-state index contributed by atoms with van der Waals surface area (Å²) in [5, 5.41) is 12.0. The summed E-state index contributed by atoms with van der Waals surface area (Å²) < 4.78 is 12.8. The second-order valence-electron chi connectivity index (χ2n) is 17.7. The summed E-state index contributed by atoms with van der Waals surface area (Å²) >= 11 is 0. The summed E-state index contributed by atoms with van der Waals surface area (Å²) in [7, 11) is 1.68. The summed E-state index contributed by atoms with van der Waals surface area (Å²) in [5.41, 5.74) is 12.1. The number of hydrogen-bond donors (Lipinski definition) is 6. The molecule has 5 amide bonds. The average Bonchev–Trinajstić information content (AvgIpc) is 3.37. The molecule has 1 unspecified atom stereocenters. The maximum absolute atomic E-state index is 14.3. The molecule has 4 saturated carbocycles. The van der Waals surface area contributed by atoms with Crippen LogP contribution in [0.15, 0.2) is 0 Å². The lowest BCUT2D eigenvalue weighted by molar-refractivity contribution is -0.147. The Labute approximate surface area is 321 Å². The molecule has 7 aliphatic rings. The highest BCUT2D eigenvalue weighted by molar-refractivity contribution is 5.96. The number of likely N-dealkylation sites (N-methyl/N-ethyl adjacent to an activating group) is 1. The maximum Gasteiger partial charge on any atom is 0.245 e.